The molecule has 4 nitrogen and oxygen atoms in total. The number of ether oxygens (including phenoxy) is 1. The first kappa shape index (κ1) is 10.2. The largest absolute Gasteiger partial charge is 0.395 e. The van der Waals surface area contributed by atoms with Crippen LogP contribution in [0.25, 0.3) is 0 Å². The smallest absolute Gasteiger partial charge is 0.148 e. The van der Waals surface area contributed by atoms with E-state index in [4.69, 9.17) is 10.5 Å². The fraction of sp³-hybridized carbons (Fsp3) is 0.400. The van der Waals surface area contributed by atoms with Gasteiger partial charge in [0.1, 0.15) is 5.82 Å². The van der Waals surface area contributed by atoms with Gasteiger partial charge in [0, 0.05) is 13.1 Å². The summed E-state index contributed by atoms with van der Waals surface area (Å²) in [6.07, 6.45) is 0. The van der Waals surface area contributed by atoms with Crippen molar-refractivity contribution in [2.24, 2.45) is 0 Å². The number of morpholine rings is 1. The van der Waals surface area contributed by atoms with Gasteiger partial charge in [-0.2, -0.15) is 0 Å². The summed E-state index contributed by atoms with van der Waals surface area (Å²) in [6.45, 7) is 2.91. The quantitative estimate of drug-likeness (QED) is 0.718. The molecule has 0 atom stereocenters. The molecule has 0 saturated carbocycles. The number of hydrogen-bond acceptors (Lipinski definition) is 4. The second-order valence-electron chi connectivity index (χ2n) is 3.41. The Kier molecular flexibility index (Phi) is 3.03. The number of hydrazine groups is 1. The zero-order valence-electron chi connectivity index (χ0n) is 8.37. The van der Waals surface area contributed by atoms with Crippen LogP contribution in [0.15, 0.2) is 18.2 Å². The van der Waals surface area contributed by atoms with Gasteiger partial charge in [0.2, 0.25) is 0 Å². The van der Waals surface area contributed by atoms with E-state index in [-0.39, 0.29) is 5.69 Å². The molecule has 1 saturated heterocycles. The maximum Gasteiger partial charge on any atom is 0.148 e. The first-order valence-electron chi connectivity index (χ1n) is 4.91. The summed E-state index contributed by atoms with van der Waals surface area (Å²) in [7, 11) is 0. The minimum absolute atomic E-state index is 0.156. The molecule has 15 heavy (non-hydrogen) atoms. The topological polar surface area (TPSA) is 50.5 Å². The van der Waals surface area contributed by atoms with E-state index in [0.717, 1.165) is 13.1 Å². The van der Waals surface area contributed by atoms with E-state index in [0.29, 0.717) is 18.9 Å². The predicted octanol–water partition coefficient (Wildman–Crippen LogP) is 1.07. The molecule has 1 aromatic rings. The van der Waals surface area contributed by atoms with E-state index in [1.165, 1.54) is 6.07 Å². The molecule has 0 radical (unpaired) electrons. The van der Waals surface area contributed by atoms with Crippen molar-refractivity contribution < 1.29 is 9.13 Å². The maximum absolute atomic E-state index is 13.1. The average Bonchev–Trinajstić information content (AvgIpc) is 2.26. The van der Waals surface area contributed by atoms with Gasteiger partial charge in [-0.15, -0.1) is 0 Å². The Morgan fingerprint density at radius 2 is 2.07 bits per heavy atom. The molecule has 0 aliphatic carbocycles. The predicted molar refractivity (Wildman–Crippen MR) is 56.8 cm³/mol. The molecule has 5 heteroatoms. The van der Waals surface area contributed by atoms with Crippen LogP contribution in [0, 0.1) is 5.82 Å². The molecule has 0 amide bonds. The molecule has 0 unspecified atom stereocenters. The van der Waals surface area contributed by atoms with Crippen molar-refractivity contribution in [1.82, 2.24) is 5.01 Å². The van der Waals surface area contributed by atoms with E-state index < -0.39 is 5.82 Å². The minimum atomic E-state index is -0.395. The zero-order valence-corrected chi connectivity index (χ0v) is 8.37. The molecule has 1 fully saturated rings. The molecule has 0 bridgehead atoms. The number of nitrogens with zero attached hydrogens (tertiary/aromatic N) is 1. The third-order valence-corrected chi connectivity index (χ3v) is 2.34. The van der Waals surface area contributed by atoms with Crippen molar-refractivity contribution >= 4 is 11.4 Å². The van der Waals surface area contributed by atoms with Crippen LogP contribution in [0.1, 0.15) is 0 Å². The van der Waals surface area contributed by atoms with Crippen molar-refractivity contribution in [3.8, 4) is 0 Å². The third-order valence-electron chi connectivity index (χ3n) is 2.34. The average molecular weight is 211 g/mol. The summed E-state index contributed by atoms with van der Waals surface area (Å²) in [5.74, 6) is -0.395. The van der Waals surface area contributed by atoms with E-state index in [2.05, 4.69) is 5.43 Å². The van der Waals surface area contributed by atoms with Crippen LogP contribution in [-0.4, -0.2) is 31.3 Å². The van der Waals surface area contributed by atoms with E-state index >= 15 is 0 Å². The highest BCUT2D eigenvalue weighted by Crippen LogP contribution is 2.21. The summed E-state index contributed by atoms with van der Waals surface area (Å²) < 4.78 is 18.3. The number of benzene rings is 1. The van der Waals surface area contributed by atoms with E-state index in [1.54, 1.807) is 12.1 Å². The molecule has 1 aliphatic rings. The lowest BCUT2D eigenvalue weighted by atomic mass is 10.2. The Hall–Kier alpha value is -1.33. The van der Waals surface area contributed by atoms with E-state index in [9.17, 15) is 4.39 Å². The van der Waals surface area contributed by atoms with Crippen LogP contribution in [0.2, 0.25) is 0 Å². The first-order valence-corrected chi connectivity index (χ1v) is 4.91. The molecule has 1 heterocycles. The van der Waals surface area contributed by atoms with Gasteiger partial charge in [-0.25, -0.2) is 9.40 Å². The van der Waals surface area contributed by atoms with Crippen LogP contribution < -0.4 is 11.2 Å². The van der Waals surface area contributed by atoms with Crippen LogP contribution in [0.3, 0.4) is 0 Å². The lowest BCUT2D eigenvalue weighted by Crippen LogP contribution is -2.40. The molecule has 0 spiro atoms. The fourth-order valence-electron chi connectivity index (χ4n) is 1.48. The number of rotatable bonds is 2. The number of hydrogen-bond donors (Lipinski definition) is 2. The van der Waals surface area contributed by atoms with Gasteiger partial charge in [0.05, 0.1) is 24.6 Å². The highest BCUT2D eigenvalue weighted by Gasteiger charge is 2.12. The molecule has 1 aromatic carbocycles. The molecular weight excluding hydrogens is 197 g/mol. The summed E-state index contributed by atoms with van der Waals surface area (Å²) in [6, 6.07) is 4.74. The molecule has 2 rings (SSSR count). The number of nitrogens with two attached hydrogens (primary N) is 1. The van der Waals surface area contributed by atoms with Crippen LogP contribution in [0.5, 0.6) is 0 Å². The van der Waals surface area contributed by atoms with Crippen LogP contribution in [0.4, 0.5) is 15.8 Å². The van der Waals surface area contributed by atoms with Crippen LogP contribution >= 0.6 is 0 Å². The lowest BCUT2D eigenvalue weighted by molar-refractivity contribution is 0.0497. The number of nitrogens with one attached hydrogen (secondary N) is 1. The maximum atomic E-state index is 13.1. The summed E-state index contributed by atoms with van der Waals surface area (Å²) >= 11 is 0. The SMILES string of the molecule is Nc1c(F)cccc1NN1CCOCC1. The highest BCUT2D eigenvalue weighted by atomic mass is 19.1. The van der Waals surface area contributed by atoms with E-state index in [1.807, 2.05) is 5.01 Å². The molecule has 3 N–H and O–H groups in total. The van der Waals surface area contributed by atoms with Gasteiger partial charge in [-0.3, -0.25) is 0 Å². The number of halogens is 1. The van der Waals surface area contributed by atoms with Gasteiger partial charge < -0.3 is 15.9 Å². The van der Waals surface area contributed by atoms with Crippen LogP contribution in [-0.2, 0) is 4.74 Å². The summed E-state index contributed by atoms with van der Waals surface area (Å²) in [4.78, 5) is 0. The van der Waals surface area contributed by atoms with Gasteiger partial charge in [-0.05, 0) is 12.1 Å². The molecule has 1 aliphatic heterocycles. The second kappa shape index (κ2) is 4.46. The Morgan fingerprint density at radius 3 is 2.80 bits per heavy atom. The molecular formula is C10H14FN3O. The Labute approximate surface area is 87.8 Å². The van der Waals surface area contributed by atoms with Crippen molar-refractivity contribution in [2.45, 2.75) is 0 Å². The summed E-state index contributed by atoms with van der Waals surface area (Å²) in [5, 5.41) is 1.97. The fourth-order valence-corrected chi connectivity index (χ4v) is 1.48. The van der Waals surface area contributed by atoms with Gasteiger partial charge in [0.15, 0.2) is 0 Å². The number of para-hydroxylation sites is 1. The Bertz CT molecular complexity index is 339. The normalized spacial score (nSPS) is 17.7. The zero-order chi connectivity index (χ0) is 10.7. The second-order valence-corrected chi connectivity index (χ2v) is 3.41. The van der Waals surface area contributed by atoms with Gasteiger partial charge in [0.25, 0.3) is 0 Å². The highest BCUT2D eigenvalue weighted by molar-refractivity contribution is 5.65. The van der Waals surface area contributed by atoms with Crippen molar-refractivity contribution in [3.05, 3.63) is 24.0 Å². The summed E-state index contributed by atoms with van der Waals surface area (Å²) in [5.41, 5.74) is 9.45. The minimum Gasteiger partial charge on any atom is -0.395 e. The number of nitrogen functional groups attached to an aromatic ring is 1. The Balaban J connectivity index is 2.06. The first-order chi connectivity index (χ1) is 7.27. The number of anilines is 2. The Morgan fingerprint density at radius 1 is 1.33 bits per heavy atom. The standard InChI is InChI=1S/C10H14FN3O/c11-8-2-1-3-9(10(8)12)13-14-4-6-15-7-5-14/h1-3,13H,4-7,12H2. The molecule has 0 aromatic heterocycles. The van der Waals surface area contributed by atoms with Crippen molar-refractivity contribution in [3.63, 3.8) is 0 Å². The molecule has 82 valence electrons. The van der Waals surface area contributed by atoms with Gasteiger partial charge >= 0.3 is 0 Å². The lowest BCUT2D eigenvalue weighted by Gasteiger charge is -2.28. The monoisotopic (exact) mass is 211 g/mol. The third kappa shape index (κ3) is 2.37. The van der Waals surface area contributed by atoms with Gasteiger partial charge in [-0.1, -0.05) is 6.07 Å². The van der Waals surface area contributed by atoms with Crippen molar-refractivity contribution in [2.75, 3.05) is 37.5 Å². The van der Waals surface area contributed by atoms with Crippen molar-refractivity contribution in [1.29, 1.82) is 0 Å².